The number of hydrogen-bond donors (Lipinski definition) is 2. The second-order valence-electron chi connectivity index (χ2n) is 5.02. The summed E-state index contributed by atoms with van der Waals surface area (Å²) in [7, 11) is 0. The summed E-state index contributed by atoms with van der Waals surface area (Å²) in [5.74, 6) is -1.40. The molecular weight excluding hydrogens is 301 g/mol. The molecule has 1 aromatic rings. The molecule has 0 aliphatic heterocycles. The molecule has 0 saturated heterocycles. The molecule has 0 radical (unpaired) electrons. The first-order valence-corrected chi connectivity index (χ1v) is 7.53. The lowest BCUT2D eigenvalue weighted by Gasteiger charge is -2.23. The number of para-hydroxylation sites is 1. The highest BCUT2D eigenvalue weighted by molar-refractivity contribution is 7.99. The summed E-state index contributed by atoms with van der Waals surface area (Å²) in [6.45, 7) is 3.52. The van der Waals surface area contributed by atoms with Gasteiger partial charge in [-0.2, -0.15) is 13.2 Å². The monoisotopic (exact) mass is 320 g/mol. The second-order valence-corrected chi connectivity index (χ2v) is 6.04. The number of halogens is 3. The minimum absolute atomic E-state index is 0.351. The van der Waals surface area contributed by atoms with E-state index in [1.54, 1.807) is 31.2 Å². The molecule has 3 nitrogen and oxygen atoms in total. The predicted molar refractivity (Wildman–Crippen MR) is 79.4 cm³/mol. The summed E-state index contributed by atoms with van der Waals surface area (Å²) in [4.78, 5) is 12.5. The van der Waals surface area contributed by atoms with Crippen molar-refractivity contribution < 1.29 is 18.0 Å². The maximum Gasteiger partial charge on any atom is 0.398 e. The van der Waals surface area contributed by atoms with Crippen LogP contribution < -0.4 is 11.1 Å². The number of thioether (sulfide) groups is 1. The van der Waals surface area contributed by atoms with Crippen molar-refractivity contribution in [2.75, 3.05) is 11.1 Å². The maximum absolute atomic E-state index is 12.3. The van der Waals surface area contributed by atoms with Crippen molar-refractivity contribution in [1.82, 2.24) is 0 Å². The Bertz CT molecular complexity index is 489. The predicted octanol–water partition coefficient (Wildman–Crippen LogP) is 3.80. The summed E-state index contributed by atoms with van der Waals surface area (Å²) < 4.78 is 36.9. The van der Waals surface area contributed by atoms with Crippen LogP contribution in [0.25, 0.3) is 0 Å². The van der Waals surface area contributed by atoms with Gasteiger partial charge in [0.15, 0.2) is 0 Å². The maximum atomic E-state index is 12.3. The van der Waals surface area contributed by atoms with Gasteiger partial charge in [0.05, 0.1) is 17.0 Å². The highest BCUT2D eigenvalue weighted by Crippen LogP contribution is 2.32. The van der Waals surface area contributed by atoms with Crippen LogP contribution in [0.5, 0.6) is 0 Å². The Labute approximate surface area is 126 Å². The zero-order chi connectivity index (χ0) is 16.1. The number of anilines is 1. The standard InChI is InChI=1S/C14H19F3N2OS/c1-3-8-13(2,18)12(20)19-10-6-4-5-7-11(10)21-9-14(15,16)17/h4-7H,3,8-9,18H2,1-2H3,(H,19,20). The van der Waals surface area contributed by atoms with E-state index in [-0.39, 0.29) is 0 Å². The molecule has 0 heterocycles. The van der Waals surface area contributed by atoms with Gasteiger partial charge in [0, 0.05) is 4.90 Å². The Balaban J connectivity index is 2.82. The minimum Gasteiger partial charge on any atom is -0.323 e. The van der Waals surface area contributed by atoms with Crippen molar-refractivity contribution in [2.24, 2.45) is 5.73 Å². The number of rotatable bonds is 6. The third kappa shape index (κ3) is 5.97. The molecule has 7 heteroatoms. The fourth-order valence-corrected chi connectivity index (χ4v) is 2.52. The zero-order valence-corrected chi connectivity index (χ0v) is 12.8. The SMILES string of the molecule is CCCC(C)(N)C(=O)Nc1ccccc1SCC(F)(F)F. The summed E-state index contributed by atoms with van der Waals surface area (Å²) in [5.41, 5.74) is 5.22. The Hall–Kier alpha value is -1.21. The number of hydrogen-bond acceptors (Lipinski definition) is 3. The van der Waals surface area contributed by atoms with Crippen LogP contribution in [0.2, 0.25) is 0 Å². The van der Waals surface area contributed by atoms with E-state index in [0.29, 0.717) is 28.8 Å². The fraction of sp³-hybridized carbons (Fsp3) is 0.500. The van der Waals surface area contributed by atoms with Gasteiger partial charge < -0.3 is 11.1 Å². The number of amides is 1. The molecule has 0 spiro atoms. The Morgan fingerprint density at radius 1 is 1.33 bits per heavy atom. The average molecular weight is 320 g/mol. The first kappa shape index (κ1) is 17.8. The molecule has 3 N–H and O–H groups in total. The van der Waals surface area contributed by atoms with Gasteiger partial charge in [0.1, 0.15) is 0 Å². The first-order chi connectivity index (χ1) is 9.65. The Morgan fingerprint density at radius 2 is 1.95 bits per heavy atom. The van der Waals surface area contributed by atoms with Crippen LogP contribution in [0.3, 0.4) is 0 Å². The van der Waals surface area contributed by atoms with Crippen LogP contribution in [0.4, 0.5) is 18.9 Å². The van der Waals surface area contributed by atoms with Crippen LogP contribution in [0.1, 0.15) is 26.7 Å². The van der Waals surface area contributed by atoms with Crippen LogP contribution in [-0.4, -0.2) is 23.4 Å². The lowest BCUT2D eigenvalue weighted by atomic mass is 9.96. The molecule has 118 valence electrons. The van der Waals surface area contributed by atoms with Gasteiger partial charge in [-0.25, -0.2) is 0 Å². The highest BCUT2D eigenvalue weighted by Gasteiger charge is 2.29. The van der Waals surface area contributed by atoms with E-state index in [2.05, 4.69) is 5.32 Å². The number of alkyl halides is 3. The van der Waals surface area contributed by atoms with Gasteiger partial charge in [-0.05, 0) is 25.5 Å². The molecule has 0 aliphatic carbocycles. The number of nitrogens with two attached hydrogens (primary N) is 1. The van der Waals surface area contributed by atoms with E-state index < -0.39 is 23.4 Å². The third-order valence-corrected chi connectivity index (χ3v) is 3.95. The van der Waals surface area contributed by atoms with Crippen molar-refractivity contribution in [3.8, 4) is 0 Å². The largest absolute Gasteiger partial charge is 0.398 e. The quantitative estimate of drug-likeness (QED) is 0.784. The lowest BCUT2D eigenvalue weighted by molar-refractivity contribution is -0.120. The van der Waals surface area contributed by atoms with Crippen molar-refractivity contribution in [1.29, 1.82) is 0 Å². The van der Waals surface area contributed by atoms with E-state index in [9.17, 15) is 18.0 Å². The minimum atomic E-state index is -4.26. The average Bonchev–Trinajstić information content (AvgIpc) is 2.36. The Kier molecular flexibility index (Phi) is 6.10. The van der Waals surface area contributed by atoms with Gasteiger partial charge in [0.25, 0.3) is 0 Å². The molecule has 0 saturated carbocycles. The summed E-state index contributed by atoms with van der Waals surface area (Å²) >= 11 is 0.639. The lowest BCUT2D eigenvalue weighted by Crippen LogP contribution is -2.48. The Morgan fingerprint density at radius 3 is 2.52 bits per heavy atom. The third-order valence-electron chi connectivity index (χ3n) is 2.81. The molecule has 1 atom stereocenters. The molecule has 0 aliphatic rings. The van der Waals surface area contributed by atoms with Crippen molar-refractivity contribution >= 4 is 23.4 Å². The van der Waals surface area contributed by atoms with Crippen molar-refractivity contribution in [3.63, 3.8) is 0 Å². The molecule has 0 aromatic heterocycles. The molecule has 1 aromatic carbocycles. The number of nitrogens with one attached hydrogen (secondary N) is 1. The van der Waals surface area contributed by atoms with Gasteiger partial charge in [-0.1, -0.05) is 25.5 Å². The molecule has 21 heavy (non-hydrogen) atoms. The second kappa shape index (κ2) is 7.17. The van der Waals surface area contributed by atoms with Crippen molar-refractivity contribution in [2.45, 2.75) is 43.3 Å². The topological polar surface area (TPSA) is 55.1 Å². The summed E-state index contributed by atoms with van der Waals surface area (Å²) in [6, 6.07) is 6.39. The number of benzene rings is 1. The zero-order valence-electron chi connectivity index (χ0n) is 12.0. The molecule has 1 amide bonds. The number of carbonyl (C=O) groups excluding carboxylic acids is 1. The van der Waals surface area contributed by atoms with E-state index in [4.69, 9.17) is 5.73 Å². The molecule has 1 unspecified atom stereocenters. The number of carbonyl (C=O) groups is 1. The normalized spacial score (nSPS) is 14.6. The van der Waals surface area contributed by atoms with Gasteiger partial charge in [0.2, 0.25) is 5.91 Å². The summed E-state index contributed by atoms with van der Waals surface area (Å²) in [5, 5.41) is 2.62. The smallest absolute Gasteiger partial charge is 0.323 e. The van der Waals surface area contributed by atoms with Crippen LogP contribution in [0, 0.1) is 0 Å². The van der Waals surface area contributed by atoms with E-state index in [1.165, 1.54) is 0 Å². The van der Waals surface area contributed by atoms with Gasteiger partial charge in [-0.15, -0.1) is 11.8 Å². The van der Waals surface area contributed by atoms with Gasteiger partial charge in [-0.3, -0.25) is 4.79 Å². The summed E-state index contributed by atoms with van der Waals surface area (Å²) in [6.07, 6.45) is -3.02. The first-order valence-electron chi connectivity index (χ1n) is 6.54. The fourth-order valence-electron chi connectivity index (χ4n) is 1.75. The van der Waals surface area contributed by atoms with E-state index >= 15 is 0 Å². The highest BCUT2D eigenvalue weighted by atomic mass is 32.2. The van der Waals surface area contributed by atoms with Crippen LogP contribution in [-0.2, 0) is 4.79 Å². The van der Waals surface area contributed by atoms with Crippen LogP contribution in [0.15, 0.2) is 29.2 Å². The van der Waals surface area contributed by atoms with E-state index in [1.807, 2.05) is 6.92 Å². The van der Waals surface area contributed by atoms with Crippen molar-refractivity contribution in [3.05, 3.63) is 24.3 Å². The molecule has 1 rings (SSSR count). The molecule has 0 bridgehead atoms. The van der Waals surface area contributed by atoms with Gasteiger partial charge >= 0.3 is 6.18 Å². The van der Waals surface area contributed by atoms with Crippen LogP contribution >= 0.6 is 11.8 Å². The van der Waals surface area contributed by atoms with E-state index in [0.717, 1.165) is 6.42 Å². The molecular formula is C14H19F3N2OS. The molecule has 0 fully saturated rings.